The highest BCUT2D eigenvalue weighted by Crippen LogP contribution is 2.27. The largest absolute Gasteiger partial charge is 0.353 e. The number of rotatable bonds is 5. The van der Waals surface area contributed by atoms with Crippen molar-refractivity contribution in [2.45, 2.75) is 46.1 Å². The van der Waals surface area contributed by atoms with Gasteiger partial charge in [0.15, 0.2) is 0 Å². The van der Waals surface area contributed by atoms with Gasteiger partial charge in [-0.3, -0.25) is 9.59 Å². The van der Waals surface area contributed by atoms with Gasteiger partial charge in [-0.05, 0) is 56.4 Å². The van der Waals surface area contributed by atoms with Crippen LogP contribution in [0, 0.1) is 11.8 Å². The number of hydrogen-bond donors (Lipinski definition) is 2. The van der Waals surface area contributed by atoms with Crippen molar-refractivity contribution in [2.24, 2.45) is 11.8 Å². The van der Waals surface area contributed by atoms with Gasteiger partial charge in [0, 0.05) is 41.0 Å². The number of amides is 2. The van der Waals surface area contributed by atoms with E-state index in [0.717, 1.165) is 30.2 Å². The maximum Gasteiger partial charge on any atom is 0.270 e. The number of fused-ring (bicyclic) bond motifs is 1. The number of carbonyl (C=O) groups is 2. The van der Waals surface area contributed by atoms with E-state index in [9.17, 15) is 9.59 Å². The molecule has 0 spiro atoms. The summed E-state index contributed by atoms with van der Waals surface area (Å²) >= 11 is 6.03. The predicted octanol–water partition coefficient (Wildman–Crippen LogP) is 4.22. The zero-order chi connectivity index (χ0) is 19.6. The maximum absolute atomic E-state index is 12.8. The van der Waals surface area contributed by atoms with Crippen LogP contribution in [-0.2, 0) is 4.79 Å². The molecule has 5 nitrogen and oxygen atoms in total. The molecule has 0 saturated carbocycles. The minimum absolute atomic E-state index is 0.0116. The first kappa shape index (κ1) is 19.7. The Balaban J connectivity index is 1.59. The van der Waals surface area contributed by atoms with E-state index in [1.807, 2.05) is 43.0 Å². The first-order valence-electron chi connectivity index (χ1n) is 9.77. The molecule has 3 rings (SSSR count). The Labute approximate surface area is 165 Å². The number of hydrogen-bond acceptors (Lipinski definition) is 2. The van der Waals surface area contributed by atoms with Crippen LogP contribution in [-0.4, -0.2) is 40.8 Å². The molecule has 1 saturated heterocycles. The van der Waals surface area contributed by atoms with Crippen LogP contribution in [0.5, 0.6) is 0 Å². The minimum Gasteiger partial charge on any atom is -0.353 e. The third kappa shape index (κ3) is 4.46. The summed E-state index contributed by atoms with van der Waals surface area (Å²) in [4.78, 5) is 30.3. The molecule has 146 valence electrons. The van der Waals surface area contributed by atoms with Gasteiger partial charge >= 0.3 is 0 Å². The van der Waals surface area contributed by atoms with E-state index in [2.05, 4.69) is 17.2 Å². The van der Waals surface area contributed by atoms with Crippen molar-refractivity contribution in [1.82, 2.24) is 15.2 Å². The lowest BCUT2D eigenvalue weighted by Gasteiger charge is -2.34. The van der Waals surface area contributed by atoms with Crippen LogP contribution in [0.25, 0.3) is 10.9 Å². The quantitative estimate of drug-likeness (QED) is 0.803. The molecule has 0 aliphatic carbocycles. The average Bonchev–Trinajstić information content (AvgIpc) is 3.09. The monoisotopic (exact) mass is 389 g/mol. The van der Waals surface area contributed by atoms with E-state index >= 15 is 0 Å². The number of nitrogens with one attached hydrogen (secondary N) is 2. The van der Waals surface area contributed by atoms with Gasteiger partial charge in [0.1, 0.15) is 5.69 Å². The number of halogens is 1. The minimum atomic E-state index is -0.0218. The van der Waals surface area contributed by atoms with Crippen LogP contribution in [0.4, 0.5) is 0 Å². The molecule has 0 bridgehead atoms. The van der Waals surface area contributed by atoms with Gasteiger partial charge in [0.05, 0.1) is 0 Å². The summed E-state index contributed by atoms with van der Waals surface area (Å²) in [6.07, 6.45) is 2.64. The molecular weight excluding hydrogens is 362 g/mol. The first-order valence-corrected chi connectivity index (χ1v) is 10.1. The summed E-state index contributed by atoms with van der Waals surface area (Å²) in [5.74, 6) is 0.435. The summed E-state index contributed by atoms with van der Waals surface area (Å²) in [6.45, 7) is 7.46. The number of aromatic amines is 1. The fourth-order valence-electron chi connectivity index (χ4n) is 3.68. The molecule has 2 amide bonds. The first-order chi connectivity index (χ1) is 12.9. The van der Waals surface area contributed by atoms with Crippen LogP contribution in [0.1, 0.15) is 50.5 Å². The van der Waals surface area contributed by atoms with Gasteiger partial charge in [-0.25, -0.2) is 0 Å². The smallest absolute Gasteiger partial charge is 0.270 e. The summed E-state index contributed by atoms with van der Waals surface area (Å²) in [5, 5.41) is 4.67. The molecule has 1 aliphatic rings. The average molecular weight is 390 g/mol. The van der Waals surface area contributed by atoms with E-state index in [0.29, 0.717) is 29.7 Å². The van der Waals surface area contributed by atoms with Crippen LogP contribution >= 0.6 is 11.6 Å². The van der Waals surface area contributed by atoms with Crippen LogP contribution < -0.4 is 5.32 Å². The Morgan fingerprint density at radius 1 is 1.26 bits per heavy atom. The van der Waals surface area contributed by atoms with Gasteiger partial charge in [-0.15, -0.1) is 0 Å². The Kier molecular flexibility index (Phi) is 6.10. The van der Waals surface area contributed by atoms with Crippen molar-refractivity contribution in [1.29, 1.82) is 0 Å². The SMILES string of the molecule is CCC(C)NC(=O)C(C)C1CCN(C(=O)c2cc3cc(Cl)ccc3[nH]2)CC1. The van der Waals surface area contributed by atoms with Crippen molar-refractivity contribution in [3.05, 3.63) is 35.0 Å². The van der Waals surface area contributed by atoms with E-state index in [1.165, 1.54) is 0 Å². The number of aromatic nitrogens is 1. The number of nitrogens with zero attached hydrogens (tertiary/aromatic N) is 1. The molecule has 2 heterocycles. The second-order valence-electron chi connectivity index (χ2n) is 7.65. The third-order valence-electron chi connectivity index (χ3n) is 5.76. The standard InChI is InChI=1S/C21H28ClN3O2/c1-4-13(2)23-20(26)14(3)15-7-9-25(10-8-15)21(27)19-12-16-11-17(22)5-6-18(16)24-19/h5-6,11-15,24H,4,7-10H2,1-3H3,(H,23,26). The molecule has 1 aromatic heterocycles. The molecule has 1 aromatic carbocycles. The normalized spacial score (nSPS) is 17.7. The van der Waals surface area contributed by atoms with E-state index < -0.39 is 0 Å². The number of H-pyrrole nitrogens is 1. The molecule has 2 atom stereocenters. The Bertz CT molecular complexity index is 824. The summed E-state index contributed by atoms with van der Waals surface area (Å²) in [6, 6.07) is 7.62. The fraction of sp³-hybridized carbons (Fsp3) is 0.524. The molecule has 2 unspecified atom stereocenters. The summed E-state index contributed by atoms with van der Waals surface area (Å²) < 4.78 is 0. The van der Waals surface area contributed by atoms with Crippen molar-refractivity contribution in [3.8, 4) is 0 Å². The van der Waals surface area contributed by atoms with Gasteiger partial charge < -0.3 is 15.2 Å². The number of carbonyl (C=O) groups excluding carboxylic acids is 2. The fourth-order valence-corrected chi connectivity index (χ4v) is 3.86. The summed E-state index contributed by atoms with van der Waals surface area (Å²) in [7, 11) is 0. The Morgan fingerprint density at radius 2 is 1.96 bits per heavy atom. The molecule has 27 heavy (non-hydrogen) atoms. The van der Waals surface area contributed by atoms with Gasteiger partial charge in [0.2, 0.25) is 5.91 Å². The predicted molar refractivity (Wildman–Crippen MR) is 109 cm³/mol. The van der Waals surface area contributed by atoms with E-state index in [-0.39, 0.29) is 23.8 Å². The second kappa shape index (κ2) is 8.34. The highest BCUT2D eigenvalue weighted by molar-refractivity contribution is 6.31. The second-order valence-corrected chi connectivity index (χ2v) is 8.09. The lowest BCUT2D eigenvalue weighted by Crippen LogP contribution is -2.44. The van der Waals surface area contributed by atoms with Crippen molar-refractivity contribution in [2.75, 3.05) is 13.1 Å². The Morgan fingerprint density at radius 3 is 2.63 bits per heavy atom. The maximum atomic E-state index is 12.8. The van der Waals surface area contributed by atoms with Gasteiger partial charge in [-0.1, -0.05) is 25.4 Å². The molecule has 1 aliphatic heterocycles. The van der Waals surface area contributed by atoms with E-state index in [4.69, 9.17) is 11.6 Å². The lowest BCUT2D eigenvalue weighted by atomic mass is 9.84. The molecule has 2 N–H and O–H groups in total. The van der Waals surface area contributed by atoms with E-state index in [1.54, 1.807) is 0 Å². The van der Waals surface area contributed by atoms with Crippen molar-refractivity contribution >= 4 is 34.3 Å². The van der Waals surface area contributed by atoms with Crippen LogP contribution in [0.15, 0.2) is 24.3 Å². The molecule has 2 aromatic rings. The summed E-state index contributed by atoms with van der Waals surface area (Å²) in [5.41, 5.74) is 1.50. The third-order valence-corrected chi connectivity index (χ3v) is 6.00. The van der Waals surface area contributed by atoms with Gasteiger partial charge in [-0.2, -0.15) is 0 Å². The number of likely N-dealkylation sites (tertiary alicyclic amines) is 1. The highest BCUT2D eigenvalue weighted by Gasteiger charge is 2.30. The zero-order valence-electron chi connectivity index (χ0n) is 16.2. The lowest BCUT2D eigenvalue weighted by molar-refractivity contribution is -0.127. The highest BCUT2D eigenvalue weighted by atomic mass is 35.5. The molecular formula is C21H28ClN3O2. The van der Waals surface area contributed by atoms with Crippen molar-refractivity contribution in [3.63, 3.8) is 0 Å². The van der Waals surface area contributed by atoms with Gasteiger partial charge in [0.25, 0.3) is 5.91 Å². The topological polar surface area (TPSA) is 65.2 Å². The zero-order valence-corrected chi connectivity index (χ0v) is 17.0. The van der Waals surface area contributed by atoms with Crippen LogP contribution in [0.2, 0.25) is 5.02 Å². The number of piperidine rings is 1. The molecule has 6 heteroatoms. The van der Waals surface area contributed by atoms with Crippen LogP contribution in [0.3, 0.4) is 0 Å². The molecule has 0 radical (unpaired) electrons. The Hall–Kier alpha value is -2.01. The number of benzene rings is 1. The van der Waals surface area contributed by atoms with Crippen molar-refractivity contribution < 1.29 is 9.59 Å². The molecule has 1 fully saturated rings.